The lowest BCUT2D eigenvalue weighted by molar-refractivity contribution is 0.190. The number of aromatic nitrogens is 2. The molecule has 0 spiro atoms. The molecule has 6 heteroatoms. The highest BCUT2D eigenvalue weighted by atomic mass is 16.2. The number of carbonyl (C=O) groups is 1. The Morgan fingerprint density at radius 3 is 2.30 bits per heavy atom. The minimum atomic E-state index is -0.530. The fourth-order valence-electron chi connectivity index (χ4n) is 5.57. The molecule has 0 saturated carbocycles. The largest absolute Gasteiger partial charge is 0.322 e. The summed E-state index contributed by atoms with van der Waals surface area (Å²) in [7, 11) is 0. The molecule has 0 fully saturated rings. The number of fused-ring (bicyclic) bond motifs is 2. The zero-order valence-corrected chi connectivity index (χ0v) is 24.6. The van der Waals surface area contributed by atoms with E-state index in [0.29, 0.717) is 29.7 Å². The summed E-state index contributed by atoms with van der Waals surface area (Å²) in [6, 6.07) is 36.5. The van der Waals surface area contributed by atoms with Crippen molar-refractivity contribution in [2.45, 2.75) is 33.2 Å². The van der Waals surface area contributed by atoms with Crippen LogP contribution in [-0.2, 0) is 6.42 Å². The Morgan fingerprint density at radius 2 is 1.51 bits per heavy atom. The third kappa shape index (κ3) is 5.64. The summed E-state index contributed by atoms with van der Waals surface area (Å²) in [5.41, 5.74) is 5.24. The van der Waals surface area contributed by atoms with Crippen LogP contribution in [0.5, 0.6) is 0 Å². The first-order valence-electron chi connectivity index (χ1n) is 14.6. The lowest BCUT2D eigenvalue weighted by Crippen LogP contribution is -2.41. The van der Waals surface area contributed by atoms with Crippen molar-refractivity contribution in [2.24, 2.45) is 0 Å². The number of nitrogens with one attached hydrogen (secondary N) is 1. The first kappa shape index (κ1) is 27.9. The molecular weight excluding hydrogens is 532 g/mol. The highest BCUT2D eigenvalue weighted by Crippen LogP contribution is 2.27. The van der Waals surface area contributed by atoms with Gasteiger partial charge >= 0.3 is 6.03 Å². The Morgan fingerprint density at radius 1 is 0.814 bits per heavy atom. The minimum absolute atomic E-state index is 0.159. The molecule has 6 nitrogen and oxygen atoms in total. The van der Waals surface area contributed by atoms with Gasteiger partial charge in [-0.1, -0.05) is 84.9 Å². The number of para-hydroxylation sites is 1. The number of benzene rings is 5. The number of anilines is 1. The van der Waals surface area contributed by atoms with E-state index in [1.165, 1.54) is 0 Å². The summed E-state index contributed by atoms with van der Waals surface area (Å²) < 4.78 is 1.67. The van der Waals surface area contributed by atoms with Crippen molar-refractivity contribution in [1.29, 1.82) is 0 Å². The second-order valence-electron chi connectivity index (χ2n) is 11.0. The van der Waals surface area contributed by atoms with Crippen LogP contribution in [0.25, 0.3) is 27.4 Å². The quantitative estimate of drug-likeness (QED) is 0.213. The lowest BCUT2D eigenvalue weighted by atomic mass is 10.1. The fraction of sp³-hybridized carbons (Fsp3) is 0.162. The molecule has 1 aromatic heterocycles. The molecule has 1 unspecified atom stereocenters. The van der Waals surface area contributed by atoms with Crippen LogP contribution in [-0.4, -0.2) is 27.0 Å². The second kappa shape index (κ2) is 11.9. The van der Waals surface area contributed by atoms with E-state index in [0.717, 1.165) is 38.8 Å². The normalized spacial score (nSPS) is 11.9. The number of amides is 2. The maximum Gasteiger partial charge on any atom is 0.322 e. The summed E-state index contributed by atoms with van der Waals surface area (Å²) in [5.74, 6) is 0.507. The predicted molar refractivity (Wildman–Crippen MR) is 175 cm³/mol. The molecule has 6 aromatic rings. The molecule has 6 rings (SSSR count). The third-order valence-corrected chi connectivity index (χ3v) is 8.17. The topological polar surface area (TPSA) is 67.2 Å². The Bertz CT molecular complexity index is 1990. The molecule has 1 N–H and O–H groups in total. The smallest absolute Gasteiger partial charge is 0.314 e. The molecule has 1 atom stereocenters. The molecule has 0 bridgehead atoms. The number of nitrogens with zero attached hydrogens (tertiary/aromatic N) is 3. The van der Waals surface area contributed by atoms with Gasteiger partial charge in [-0.15, -0.1) is 0 Å². The van der Waals surface area contributed by atoms with Crippen molar-refractivity contribution >= 4 is 33.4 Å². The first-order chi connectivity index (χ1) is 20.9. The van der Waals surface area contributed by atoms with E-state index in [2.05, 4.69) is 17.4 Å². The van der Waals surface area contributed by atoms with E-state index in [4.69, 9.17) is 4.98 Å². The van der Waals surface area contributed by atoms with Gasteiger partial charge in [0, 0.05) is 11.9 Å². The summed E-state index contributed by atoms with van der Waals surface area (Å²) in [4.78, 5) is 35.1. The molecule has 0 radical (unpaired) electrons. The van der Waals surface area contributed by atoms with Crippen LogP contribution in [0.3, 0.4) is 0 Å². The van der Waals surface area contributed by atoms with Gasteiger partial charge in [0.2, 0.25) is 0 Å². The average molecular weight is 567 g/mol. The molecule has 0 aliphatic rings. The van der Waals surface area contributed by atoms with Crippen LogP contribution in [0.2, 0.25) is 0 Å². The molecule has 1 heterocycles. The van der Waals surface area contributed by atoms with E-state index in [-0.39, 0.29) is 11.6 Å². The van der Waals surface area contributed by atoms with Gasteiger partial charge in [-0.2, -0.15) is 0 Å². The van der Waals surface area contributed by atoms with Crippen molar-refractivity contribution in [1.82, 2.24) is 14.5 Å². The molecule has 43 heavy (non-hydrogen) atoms. The predicted octanol–water partition coefficient (Wildman–Crippen LogP) is 7.99. The zero-order valence-electron chi connectivity index (χ0n) is 24.6. The molecule has 5 aromatic carbocycles. The highest BCUT2D eigenvalue weighted by molar-refractivity contribution is 6.01. The third-order valence-electron chi connectivity index (χ3n) is 8.17. The van der Waals surface area contributed by atoms with E-state index < -0.39 is 6.04 Å². The molecule has 0 saturated heterocycles. The van der Waals surface area contributed by atoms with Gasteiger partial charge in [0.25, 0.3) is 5.56 Å². The molecule has 2 amide bonds. The van der Waals surface area contributed by atoms with Gasteiger partial charge < -0.3 is 10.2 Å². The summed E-state index contributed by atoms with van der Waals surface area (Å²) in [6.45, 7) is 6.46. The highest BCUT2D eigenvalue weighted by Gasteiger charge is 2.27. The van der Waals surface area contributed by atoms with Gasteiger partial charge in [0.1, 0.15) is 5.82 Å². The second-order valence-corrected chi connectivity index (χ2v) is 11.0. The minimum Gasteiger partial charge on any atom is -0.314 e. The molecular formula is C37H34N4O2. The Labute approximate surface area is 251 Å². The van der Waals surface area contributed by atoms with E-state index in [1.54, 1.807) is 15.5 Å². The van der Waals surface area contributed by atoms with Gasteiger partial charge in [-0.25, -0.2) is 9.78 Å². The van der Waals surface area contributed by atoms with Crippen molar-refractivity contribution in [3.63, 3.8) is 0 Å². The van der Waals surface area contributed by atoms with Crippen LogP contribution in [0.4, 0.5) is 10.5 Å². The maximum absolute atomic E-state index is 14.2. The standard InChI is InChI=1S/C37H34N4O2/c1-25-20-21-30(24-26(25)2)41-35(38-34-18-10-9-17-32(34)36(41)42)27(3)40(23-22-28-12-5-4-6-13-28)37(43)39-33-19-11-15-29-14-7-8-16-31(29)33/h4-21,24,27H,22-23H2,1-3H3,(H,39,43). The molecule has 214 valence electrons. The fourth-order valence-corrected chi connectivity index (χ4v) is 5.57. The summed E-state index contributed by atoms with van der Waals surface area (Å²) in [5, 5.41) is 5.71. The first-order valence-corrected chi connectivity index (χ1v) is 14.6. The van der Waals surface area contributed by atoms with Crippen LogP contribution < -0.4 is 10.9 Å². The van der Waals surface area contributed by atoms with Crippen molar-refractivity contribution in [3.05, 3.63) is 148 Å². The summed E-state index contributed by atoms with van der Waals surface area (Å²) in [6.07, 6.45) is 0.648. The van der Waals surface area contributed by atoms with Gasteiger partial charge in [-0.3, -0.25) is 9.36 Å². The Hall–Kier alpha value is -5.23. The zero-order chi connectivity index (χ0) is 29.9. The van der Waals surface area contributed by atoms with Crippen molar-refractivity contribution < 1.29 is 4.79 Å². The average Bonchev–Trinajstić information content (AvgIpc) is 3.03. The van der Waals surface area contributed by atoms with E-state index in [9.17, 15) is 9.59 Å². The monoisotopic (exact) mass is 566 g/mol. The van der Waals surface area contributed by atoms with Crippen molar-refractivity contribution in [2.75, 3.05) is 11.9 Å². The van der Waals surface area contributed by atoms with Crippen LogP contribution in [0, 0.1) is 13.8 Å². The van der Waals surface area contributed by atoms with Crippen LogP contribution in [0.1, 0.15) is 35.5 Å². The van der Waals surface area contributed by atoms with Gasteiger partial charge in [0.05, 0.1) is 28.3 Å². The van der Waals surface area contributed by atoms with E-state index >= 15 is 0 Å². The number of hydrogen-bond acceptors (Lipinski definition) is 3. The summed E-state index contributed by atoms with van der Waals surface area (Å²) >= 11 is 0. The van der Waals surface area contributed by atoms with E-state index in [1.807, 2.05) is 118 Å². The number of aryl methyl sites for hydroxylation is 2. The van der Waals surface area contributed by atoms with Gasteiger partial charge in [0.15, 0.2) is 0 Å². The van der Waals surface area contributed by atoms with Crippen LogP contribution in [0.15, 0.2) is 120 Å². The number of hydrogen-bond donors (Lipinski definition) is 1. The SMILES string of the molecule is Cc1ccc(-n2c(C(C)N(CCc3ccccc3)C(=O)Nc3cccc4ccccc34)nc3ccccc3c2=O)cc1C. The Kier molecular flexibility index (Phi) is 7.75. The molecule has 0 aliphatic heterocycles. The van der Waals surface area contributed by atoms with Gasteiger partial charge in [-0.05, 0) is 79.6 Å². The number of urea groups is 1. The number of carbonyl (C=O) groups excluding carboxylic acids is 1. The number of rotatable bonds is 7. The van der Waals surface area contributed by atoms with Crippen LogP contribution >= 0.6 is 0 Å². The maximum atomic E-state index is 14.2. The van der Waals surface area contributed by atoms with Crippen molar-refractivity contribution in [3.8, 4) is 5.69 Å². The lowest BCUT2D eigenvalue weighted by Gasteiger charge is -2.31. The Balaban J connectivity index is 1.46. The molecule has 0 aliphatic carbocycles.